The van der Waals surface area contributed by atoms with E-state index in [1.54, 1.807) is 7.11 Å². The number of thioether (sulfide) groups is 1. The van der Waals surface area contributed by atoms with Crippen molar-refractivity contribution in [1.29, 1.82) is 0 Å². The molecule has 0 fully saturated rings. The number of hydrogen-bond acceptors (Lipinski definition) is 3. The van der Waals surface area contributed by atoms with Crippen LogP contribution in [0.5, 0.6) is 5.75 Å². The Morgan fingerprint density at radius 2 is 2.00 bits per heavy atom. The first-order chi connectivity index (χ1) is 8.79. The Balaban J connectivity index is 2.29. The summed E-state index contributed by atoms with van der Waals surface area (Å²) >= 11 is 1.93. The molecule has 0 aliphatic heterocycles. The molecule has 1 rings (SSSR count). The molecule has 1 aromatic rings. The first-order valence-corrected chi connectivity index (χ1v) is 8.04. The van der Waals surface area contributed by atoms with Gasteiger partial charge in [-0.3, -0.25) is 0 Å². The molecule has 0 aromatic heterocycles. The average molecular weight is 267 g/mol. The van der Waals surface area contributed by atoms with Gasteiger partial charge in [0.25, 0.3) is 0 Å². The lowest BCUT2D eigenvalue weighted by Crippen LogP contribution is -2.20. The number of benzene rings is 1. The van der Waals surface area contributed by atoms with Crippen molar-refractivity contribution in [3.8, 4) is 5.75 Å². The van der Waals surface area contributed by atoms with Gasteiger partial charge >= 0.3 is 0 Å². The highest BCUT2D eigenvalue weighted by Crippen LogP contribution is 2.24. The SMILES string of the molecule is COc1ccccc1C(C)NCCCCCSC. The maximum absolute atomic E-state index is 5.38. The van der Waals surface area contributed by atoms with E-state index in [0.717, 1.165) is 12.3 Å². The molecule has 102 valence electrons. The minimum atomic E-state index is 0.349. The highest BCUT2D eigenvalue weighted by Gasteiger charge is 2.09. The first kappa shape index (κ1) is 15.4. The van der Waals surface area contributed by atoms with E-state index in [2.05, 4.69) is 30.6 Å². The lowest BCUT2D eigenvalue weighted by Gasteiger charge is -2.17. The second kappa shape index (κ2) is 9.29. The van der Waals surface area contributed by atoms with Crippen LogP contribution in [0.4, 0.5) is 0 Å². The highest BCUT2D eigenvalue weighted by atomic mass is 32.2. The van der Waals surface area contributed by atoms with Crippen LogP contribution in [0, 0.1) is 0 Å². The van der Waals surface area contributed by atoms with Crippen molar-refractivity contribution in [2.75, 3.05) is 25.7 Å². The number of unbranched alkanes of at least 4 members (excludes halogenated alkanes) is 2. The van der Waals surface area contributed by atoms with Crippen LogP contribution < -0.4 is 10.1 Å². The summed E-state index contributed by atoms with van der Waals surface area (Å²) in [6.45, 7) is 3.27. The van der Waals surface area contributed by atoms with Gasteiger partial charge in [0.05, 0.1) is 7.11 Å². The van der Waals surface area contributed by atoms with E-state index in [0.29, 0.717) is 6.04 Å². The van der Waals surface area contributed by atoms with Crippen LogP contribution in [0.2, 0.25) is 0 Å². The molecule has 0 aliphatic rings. The van der Waals surface area contributed by atoms with Gasteiger partial charge in [-0.15, -0.1) is 0 Å². The largest absolute Gasteiger partial charge is 0.496 e. The average Bonchev–Trinajstić information content (AvgIpc) is 2.42. The Hall–Kier alpha value is -0.670. The zero-order valence-corrected chi connectivity index (χ0v) is 12.6. The minimum absolute atomic E-state index is 0.349. The molecule has 0 spiro atoms. The maximum Gasteiger partial charge on any atom is 0.123 e. The van der Waals surface area contributed by atoms with Crippen LogP contribution in [0.15, 0.2) is 24.3 Å². The van der Waals surface area contributed by atoms with Crippen molar-refractivity contribution in [1.82, 2.24) is 5.32 Å². The summed E-state index contributed by atoms with van der Waals surface area (Å²) in [7, 11) is 1.73. The standard InChI is InChI=1S/C15H25NOS/c1-13(16-11-7-4-8-12-18-3)14-9-5-6-10-15(14)17-2/h5-6,9-10,13,16H,4,7-8,11-12H2,1-3H3. The molecule has 0 bridgehead atoms. The van der Waals surface area contributed by atoms with E-state index in [-0.39, 0.29) is 0 Å². The van der Waals surface area contributed by atoms with Crippen molar-refractivity contribution in [2.24, 2.45) is 0 Å². The minimum Gasteiger partial charge on any atom is -0.496 e. The van der Waals surface area contributed by atoms with Gasteiger partial charge in [0.15, 0.2) is 0 Å². The van der Waals surface area contributed by atoms with Crippen LogP contribution >= 0.6 is 11.8 Å². The molecule has 1 N–H and O–H groups in total. The van der Waals surface area contributed by atoms with Gasteiger partial charge in [-0.1, -0.05) is 24.6 Å². The van der Waals surface area contributed by atoms with E-state index in [9.17, 15) is 0 Å². The molecule has 1 atom stereocenters. The number of hydrogen-bond donors (Lipinski definition) is 1. The highest BCUT2D eigenvalue weighted by molar-refractivity contribution is 7.98. The Morgan fingerprint density at radius 1 is 1.22 bits per heavy atom. The zero-order valence-electron chi connectivity index (χ0n) is 11.7. The summed E-state index contributed by atoms with van der Waals surface area (Å²) in [6.07, 6.45) is 6.06. The van der Waals surface area contributed by atoms with E-state index in [1.807, 2.05) is 23.9 Å². The Kier molecular flexibility index (Phi) is 7.94. The molecule has 0 saturated heterocycles. The van der Waals surface area contributed by atoms with Gasteiger partial charge in [-0.05, 0) is 44.4 Å². The number of nitrogens with one attached hydrogen (secondary N) is 1. The number of rotatable bonds is 9. The first-order valence-electron chi connectivity index (χ1n) is 6.64. The summed E-state index contributed by atoms with van der Waals surface area (Å²) in [4.78, 5) is 0. The Labute approximate surface area is 116 Å². The van der Waals surface area contributed by atoms with Gasteiger partial charge < -0.3 is 10.1 Å². The fraction of sp³-hybridized carbons (Fsp3) is 0.600. The molecular weight excluding hydrogens is 242 g/mol. The molecule has 0 saturated carbocycles. The smallest absolute Gasteiger partial charge is 0.123 e. The van der Waals surface area contributed by atoms with Gasteiger partial charge in [-0.2, -0.15) is 11.8 Å². The fourth-order valence-corrected chi connectivity index (χ4v) is 2.49. The van der Waals surface area contributed by atoms with Gasteiger partial charge in [0, 0.05) is 11.6 Å². The summed E-state index contributed by atoms with van der Waals surface area (Å²) < 4.78 is 5.38. The third-order valence-electron chi connectivity index (χ3n) is 3.08. The number of methoxy groups -OCH3 is 1. The van der Waals surface area contributed by atoms with E-state index >= 15 is 0 Å². The Bertz CT molecular complexity index is 330. The molecule has 0 amide bonds. The van der Waals surface area contributed by atoms with Crippen LogP contribution in [0.25, 0.3) is 0 Å². The van der Waals surface area contributed by atoms with Crippen molar-refractivity contribution < 1.29 is 4.74 Å². The van der Waals surface area contributed by atoms with Crippen molar-refractivity contribution in [3.05, 3.63) is 29.8 Å². The molecule has 18 heavy (non-hydrogen) atoms. The Morgan fingerprint density at radius 3 is 2.72 bits per heavy atom. The molecule has 2 nitrogen and oxygen atoms in total. The van der Waals surface area contributed by atoms with Crippen molar-refractivity contribution in [3.63, 3.8) is 0 Å². The van der Waals surface area contributed by atoms with E-state index in [1.165, 1.54) is 30.6 Å². The topological polar surface area (TPSA) is 21.3 Å². The summed E-state index contributed by atoms with van der Waals surface area (Å²) in [5, 5.41) is 3.56. The fourth-order valence-electron chi connectivity index (χ4n) is 2.00. The molecule has 1 unspecified atom stereocenters. The van der Waals surface area contributed by atoms with E-state index < -0.39 is 0 Å². The maximum atomic E-state index is 5.38. The summed E-state index contributed by atoms with van der Waals surface area (Å²) in [5.74, 6) is 2.25. The van der Waals surface area contributed by atoms with Crippen LogP contribution in [0.3, 0.4) is 0 Å². The zero-order chi connectivity index (χ0) is 13.2. The predicted octanol–water partition coefficient (Wildman–Crippen LogP) is 3.88. The quantitative estimate of drug-likeness (QED) is 0.686. The summed E-state index contributed by atoms with van der Waals surface area (Å²) in [5.41, 5.74) is 1.24. The van der Waals surface area contributed by atoms with Crippen molar-refractivity contribution >= 4 is 11.8 Å². The van der Waals surface area contributed by atoms with Crippen LogP contribution in [0.1, 0.15) is 37.8 Å². The van der Waals surface area contributed by atoms with Gasteiger partial charge in [0.2, 0.25) is 0 Å². The third kappa shape index (κ3) is 5.32. The monoisotopic (exact) mass is 267 g/mol. The normalized spacial score (nSPS) is 12.4. The molecular formula is C15H25NOS. The predicted molar refractivity (Wildman–Crippen MR) is 81.6 cm³/mol. The summed E-state index contributed by atoms with van der Waals surface area (Å²) in [6, 6.07) is 8.57. The van der Waals surface area contributed by atoms with Crippen LogP contribution in [-0.2, 0) is 0 Å². The van der Waals surface area contributed by atoms with Gasteiger partial charge in [0.1, 0.15) is 5.75 Å². The molecule has 3 heteroatoms. The van der Waals surface area contributed by atoms with Gasteiger partial charge in [-0.25, -0.2) is 0 Å². The lowest BCUT2D eigenvalue weighted by molar-refractivity contribution is 0.401. The molecule has 0 heterocycles. The van der Waals surface area contributed by atoms with Crippen LogP contribution in [-0.4, -0.2) is 25.7 Å². The lowest BCUT2D eigenvalue weighted by atomic mass is 10.1. The second-order valence-electron chi connectivity index (χ2n) is 4.47. The second-order valence-corrected chi connectivity index (χ2v) is 5.46. The molecule has 0 aliphatic carbocycles. The molecule has 0 radical (unpaired) electrons. The number of para-hydroxylation sites is 1. The number of ether oxygens (including phenoxy) is 1. The third-order valence-corrected chi connectivity index (χ3v) is 3.78. The molecule has 1 aromatic carbocycles. The van der Waals surface area contributed by atoms with Crippen molar-refractivity contribution in [2.45, 2.75) is 32.2 Å². The van der Waals surface area contributed by atoms with E-state index in [4.69, 9.17) is 4.74 Å².